The van der Waals surface area contributed by atoms with E-state index in [1.807, 2.05) is 30.5 Å². The summed E-state index contributed by atoms with van der Waals surface area (Å²) in [5, 5.41) is 3.86. The normalized spacial score (nSPS) is 25.5. The number of ether oxygens (including phenoxy) is 1. The molecule has 1 N–H and O–H groups in total. The molecule has 2 bridgehead atoms. The van der Waals surface area contributed by atoms with Gasteiger partial charge in [0.05, 0.1) is 0 Å². The lowest BCUT2D eigenvalue weighted by molar-refractivity contribution is -0.0153. The first kappa shape index (κ1) is 18.2. The Bertz CT molecular complexity index is 921. The van der Waals surface area contributed by atoms with Gasteiger partial charge in [-0.2, -0.15) is 0 Å². The van der Waals surface area contributed by atoms with Crippen LogP contribution in [0.25, 0.3) is 0 Å². The first-order valence-electron chi connectivity index (χ1n) is 10.5. The highest BCUT2D eigenvalue weighted by Crippen LogP contribution is 2.45. The molecule has 4 nitrogen and oxygen atoms in total. The van der Waals surface area contributed by atoms with Crippen LogP contribution in [0.4, 0.5) is 5.69 Å². The van der Waals surface area contributed by atoms with Crippen LogP contribution in [0.5, 0.6) is 5.88 Å². The Balaban J connectivity index is 1.39. The second-order valence-corrected chi connectivity index (χ2v) is 8.15. The van der Waals surface area contributed by atoms with Gasteiger partial charge in [0.2, 0.25) is 5.88 Å². The average Bonchev–Trinajstić information content (AvgIpc) is 2.80. The molecule has 2 aromatic carbocycles. The molecule has 29 heavy (non-hydrogen) atoms. The summed E-state index contributed by atoms with van der Waals surface area (Å²) in [6, 6.07) is 24.9. The van der Waals surface area contributed by atoms with Crippen LogP contribution in [0.3, 0.4) is 0 Å². The maximum absolute atomic E-state index is 5.90. The Morgan fingerprint density at radius 1 is 0.931 bits per heavy atom. The fourth-order valence-corrected chi connectivity index (χ4v) is 4.77. The van der Waals surface area contributed by atoms with Crippen LogP contribution >= 0.6 is 0 Å². The summed E-state index contributed by atoms with van der Waals surface area (Å²) in [6.07, 6.45) is 5.71. The molecule has 0 radical (unpaired) electrons. The second kappa shape index (κ2) is 7.88. The molecule has 6 rings (SSSR count). The van der Waals surface area contributed by atoms with Gasteiger partial charge in [0, 0.05) is 36.6 Å². The van der Waals surface area contributed by atoms with Gasteiger partial charge in [-0.15, -0.1) is 0 Å². The van der Waals surface area contributed by atoms with Gasteiger partial charge in [-0.3, -0.25) is 4.90 Å². The number of aromatic nitrogens is 1. The number of nitrogens with one attached hydrogen (secondary N) is 1. The minimum atomic E-state index is -0.187. The van der Waals surface area contributed by atoms with Gasteiger partial charge < -0.3 is 10.1 Å². The summed E-state index contributed by atoms with van der Waals surface area (Å²) < 4.78 is 5.90. The number of benzene rings is 2. The van der Waals surface area contributed by atoms with Crippen molar-refractivity contribution in [3.05, 3.63) is 90.1 Å². The van der Waals surface area contributed by atoms with Crippen LogP contribution in [0.15, 0.2) is 79.0 Å². The van der Waals surface area contributed by atoms with E-state index in [2.05, 4.69) is 63.7 Å². The molecule has 0 spiro atoms. The van der Waals surface area contributed by atoms with Crippen LogP contribution in [-0.4, -0.2) is 23.0 Å². The number of pyridine rings is 1. The standard InChI is InChI=1S/C25H27N3O/c1-3-7-21(8-4-1)19-29-24-12-11-22(18-26-24)25(27-23-9-5-2-6-10-23)17-20-13-15-28(25)16-14-20/h1-12,18,20,27H,13-17,19H2/t25-/m1/s1. The van der Waals surface area contributed by atoms with Crippen LogP contribution in [0.2, 0.25) is 0 Å². The quantitative estimate of drug-likeness (QED) is 0.645. The maximum Gasteiger partial charge on any atom is 0.213 e. The number of anilines is 1. The topological polar surface area (TPSA) is 37.4 Å². The molecule has 0 aliphatic carbocycles. The number of rotatable bonds is 6. The van der Waals surface area contributed by atoms with Crippen molar-refractivity contribution in [1.29, 1.82) is 0 Å². The smallest absolute Gasteiger partial charge is 0.213 e. The largest absolute Gasteiger partial charge is 0.473 e. The van der Waals surface area contributed by atoms with Crippen molar-refractivity contribution in [2.75, 3.05) is 18.4 Å². The number of fused-ring (bicyclic) bond motifs is 3. The van der Waals surface area contributed by atoms with Crippen LogP contribution in [0, 0.1) is 5.92 Å². The molecule has 4 heteroatoms. The highest BCUT2D eigenvalue weighted by Gasteiger charge is 2.47. The molecule has 3 aromatic rings. The summed E-state index contributed by atoms with van der Waals surface area (Å²) in [6.45, 7) is 2.81. The third-order valence-electron chi connectivity index (χ3n) is 6.31. The molecule has 3 aliphatic rings. The fourth-order valence-electron chi connectivity index (χ4n) is 4.77. The zero-order valence-corrected chi connectivity index (χ0v) is 16.6. The third kappa shape index (κ3) is 3.73. The molecule has 0 amide bonds. The summed E-state index contributed by atoms with van der Waals surface area (Å²) in [7, 11) is 0. The monoisotopic (exact) mass is 385 g/mol. The van der Waals surface area contributed by atoms with E-state index in [4.69, 9.17) is 4.74 Å². The Morgan fingerprint density at radius 3 is 2.28 bits per heavy atom. The number of hydrogen-bond donors (Lipinski definition) is 1. The van der Waals surface area contributed by atoms with E-state index in [9.17, 15) is 0 Å². The van der Waals surface area contributed by atoms with E-state index >= 15 is 0 Å². The van der Waals surface area contributed by atoms with Crippen LogP contribution < -0.4 is 10.1 Å². The van der Waals surface area contributed by atoms with E-state index in [1.165, 1.54) is 18.4 Å². The lowest BCUT2D eigenvalue weighted by Crippen LogP contribution is -2.60. The van der Waals surface area contributed by atoms with E-state index < -0.39 is 0 Å². The summed E-state index contributed by atoms with van der Waals surface area (Å²) >= 11 is 0. The Hall–Kier alpha value is -2.85. The molecule has 3 fully saturated rings. The summed E-state index contributed by atoms with van der Waals surface area (Å²) in [5.74, 6) is 1.44. The second-order valence-electron chi connectivity index (χ2n) is 8.15. The fraction of sp³-hybridized carbons (Fsp3) is 0.320. The van der Waals surface area contributed by atoms with Gasteiger partial charge >= 0.3 is 0 Å². The van der Waals surface area contributed by atoms with Crippen molar-refractivity contribution in [2.45, 2.75) is 31.5 Å². The predicted molar refractivity (Wildman–Crippen MR) is 116 cm³/mol. The highest BCUT2D eigenvalue weighted by atomic mass is 16.5. The first-order valence-corrected chi connectivity index (χ1v) is 10.5. The van der Waals surface area contributed by atoms with Crippen LogP contribution in [-0.2, 0) is 12.3 Å². The summed E-state index contributed by atoms with van der Waals surface area (Å²) in [4.78, 5) is 7.25. The zero-order valence-electron chi connectivity index (χ0n) is 16.6. The molecule has 3 saturated heterocycles. The van der Waals surface area contributed by atoms with Crippen LogP contribution in [0.1, 0.15) is 30.4 Å². The Morgan fingerprint density at radius 2 is 1.66 bits per heavy atom. The molecule has 1 aromatic heterocycles. The van der Waals surface area contributed by atoms with Gasteiger partial charge in [0.25, 0.3) is 0 Å². The van der Waals surface area contributed by atoms with Crippen molar-refractivity contribution in [1.82, 2.24) is 9.88 Å². The Labute approximate surface area is 172 Å². The molecule has 4 heterocycles. The van der Waals surface area contributed by atoms with Gasteiger partial charge in [-0.05, 0) is 48.9 Å². The highest BCUT2D eigenvalue weighted by molar-refractivity contribution is 5.48. The minimum Gasteiger partial charge on any atom is -0.473 e. The van der Waals surface area contributed by atoms with E-state index in [0.29, 0.717) is 12.5 Å². The van der Waals surface area contributed by atoms with Gasteiger partial charge in [0.1, 0.15) is 12.3 Å². The first-order chi connectivity index (χ1) is 14.3. The number of piperidine rings is 3. The maximum atomic E-state index is 5.90. The number of hydrogen-bond acceptors (Lipinski definition) is 4. The zero-order chi connectivity index (χ0) is 19.5. The summed E-state index contributed by atoms with van der Waals surface area (Å²) in [5.41, 5.74) is 3.34. The molecule has 1 atom stereocenters. The third-order valence-corrected chi connectivity index (χ3v) is 6.31. The molecule has 3 aliphatic heterocycles. The SMILES string of the molecule is c1ccc(COc2ccc([C@@]3(Nc4ccccc4)CC4CCN3CC4)cn2)cc1. The van der Waals surface area contributed by atoms with Gasteiger partial charge in [-0.25, -0.2) is 4.98 Å². The minimum absolute atomic E-state index is 0.187. The van der Waals surface area contributed by atoms with Crippen molar-refractivity contribution < 1.29 is 4.74 Å². The Kier molecular flexibility index (Phi) is 4.94. The number of para-hydroxylation sites is 1. The number of nitrogens with zero attached hydrogens (tertiary/aromatic N) is 2. The van der Waals surface area contributed by atoms with Crippen molar-refractivity contribution in [2.24, 2.45) is 5.92 Å². The van der Waals surface area contributed by atoms with Crippen molar-refractivity contribution >= 4 is 5.69 Å². The average molecular weight is 386 g/mol. The van der Waals surface area contributed by atoms with Crippen molar-refractivity contribution in [3.63, 3.8) is 0 Å². The molecular formula is C25H27N3O. The van der Waals surface area contributed by atoms with E-state index in [0.717, 1.165) is 36.7 Å². The van der Waals surface area contributed by atoms with Gasteiger partial charge in [0.15, 0.2) is 0 Å². The van der Waals surface area contributed by atoms with Gasteiger partial charge in [-0.1, -0.05) is 48.5 Å². The molecule has 148 valence electrons. The molecular weight excluding hydrogens is 358 g/mol. The van der Waals surface area contributed by atoms with E-state index in [1.54, 1.807) is 0 Å². The van der Waals surface area contributed by atoms with E-state index in [-0.39, 0.29) is 5.66 Å². The predicted octanol–water partition coefficient (Wildman–Crippen LogP) is 5.04. The molecule has 0 unspecified atom stereocenters. The lowest BCUT2D eigenvalue weighted by atomic mass is 9.76. The molecule has 0 saturated carbocycles. The van der Waals surface area contributed by atoms with Crippen molar-refractivity contribution in [3.8, 4) is 5.88 Å². The lowest BCUT2D eigenvalue weighted by Gasteiger charge is -2.55.